The first-order valence-electron chi connectivity index (χ1n) is 12.4. The summed E-state index contributed by atoms with van der Waals surface area (Å²) in [6.45, 7) is 21.9. The maximum absolute atomic E-state index is 2.84. The van der Waals surface area contributed by atoms with Crippen LogP contribution in [0.1, 0.15) is 79.6 Å². The van der Waals surface area contributed by atoms with Gasteiger partial charge in [0, 0.05) is 12.6 Å². The Morgan fingerprint density at radius 1 is 0.741 bits per heavy atom. The number of piperidine rings is 3. The Labute approximate surface area is 170 Å². The third-order valence-electron chi connectivity index (χ3n) is 7.77. The van der Waals surface area contributed by atoms with E-state index in [-0.39, 0.29) is 0 Å². The molecule has 0 N–H and O–H groups in total. The van der Waals surface area contributed by atoms with Gasteiger partial charge in [0.15, 0.2) is 0 Å². The first kappa shape index (κ1) is 23.2. The molecule has 160 valence electrons. The average molecular weight is 380 g/mol. The lowest BCUT2D eigenvalue weighted by Gasteiger charge is -2.43. The van der Waals surface area contributed by atoms with Crippen LogP contribution in [0.2, 0.25) is 0 Å². The predicted molar refractivity (Wildman–Crippen MR) is 119 cm³/mol. The maximum atomic E-state index is 2.84. The second kappa shape index (κ2) is 12.4. The van der Waals surface area contributed by atoms with Crippen molar-refractivity contribution in [1.82, 2.24) is 14.7 Å². The van der Waals surface area contributed by atoms with Crippen molar-refractivity contribution in [1.29, 1.82) is 0 Å². The van der Waals surface area contributed by atoms with Crippen LogP contribution in [0.5, 0.6) is 0 Å². The molecule has 0 bridgehead atoms. The van der Waals surface area contributed by atoms with Crippen molar-refractivity contribution in [2.45, 2.75) is 85.6 Å². The Kier molecular flexibility index (Phi) is 10.7. The lowest BCUT2D eigenvalue weighted by molar-refractivity contribution is 0.0572. The molecule has 1 atom stereocenters. The summed E-state index contributed by atoms with van der Waals surface area (Å²) in [5, 5.41) is 0. The zero-order valence-electron chi connectivity index (χ0n) is 19.3. The molecule has 3 rings (SSSR count). The minimum atomic E-state index is 0.885. The quantitative estimate of drug-likeness (QED) is 0.645. The third-order valence-corrected chi connectivity index (χ3v) is 7.77. The summed E-state index contributed by atoms with van der Waals surface area (Å²) in [6, 6.07) is 0.885. The zero-order valence-corrected chi connectivity index (χ0v) is 19.3. The summed E-state index contributed by atoms with van der Waals surface area (Å²) < 4.78 is 0. The number of hydrogen-bond donors (Lipinski definition) is 0. The molecule has 1 unspecified atom stereocenters. The van der Waals surface area contributed by atoms with Crippen LogP contribution in [0.3, 0.4) is 0 Å². The zero-order chi connectivity index (χ0) is 19.6. The van der Waals surface area contributed by atoms with E-state index in [0.29, 0.717) is 0 Å². The predicted octanol–water partition coefficient (Wildman–Crippen LogP) is 4.97. The summed E-state index contributed by atoms with van der Waals surface area (Å²) in [7, 11) is 0. The van der Waals surface area contributed by atoms with Crippen molar-refractivity contribution in [3.05, 3.63) is 0 Å². The second-order valence-electron chi connectivity index (χ2n) is 9.17. The van der Waals surface area contributed by atoms with Crippen molar-refractivity contribution in [3.63, 3.8) is 0 Å². The molecule has 0 spiro atoms. The van der Waals surface area contributed by atoms with Gasteiger partial charge in [-0.2, -0.15) is 0 Å². The molecule has 0 aromatic heterocycles. The molecule has 3 heterocycles. The van der Waals surface area contributed by atoms with Crippen LogP contribution in [-0.4, -0.2) is 73.1 Å². The van der Waals surface area contributed by atoms with Crippen LogP contribution in [0.4, 0.5) is 0 Å². The largest absolute Gasteiger partial charge is 0.304 e. The van der Waals surface area contributed by atoms with Gasteiger partial charge < -0.3 is 14.7 Å². The molecule has 3 heteroatoms. The normalized spacial score (nSPS) is 26.6. The Hall–Kier alpha value is -0.120. The molecule has 0 amide bonds. The Bertz CT molecular complexity index is 362. The van der Waals surface area contributed by atoms with Crippen molar-refractivity contribution < 1.29 is 0 Å². The van der Waals surface area contributed by atoms with E-state index >= 15 is 0 Å². The molecule has 27 heavy (non-hydrogen) atoms. The van der Waals surface area contributed by atoms with Crippen LogP contribution in [0.25, 0.3) is 0 Å². The van der Waals surface area contributed by atoms with E-state index in [1.165, 1.54) is 97.3 Å². The SMILES string of the molecule is CC.CCC(C)C1CCN(C2CCN(CC3CCN(CC)CC3)CC2)CC1. The molecule has 0 aromatic rings. The van der Waals surface area contributed by atoms with Crippen molar-refractivity contribution in [3.8, 4) is 0 Å². The van der Waals surface area contributed by atoms with Gasteiger partial charge in [0.1, 0.15) is 0 Å². The summed E-state index contributed by atoms with van der Waals surface area (Å²) >= 11 is 0. The minimum Gasteiger partial charge on any atom is -0.304 e. The van der Waals surface area contributed by atoms with Crippen LogP contribution in [0.15, 0.2) is 0 Å². The molecule has 3 nitrogen and oxygen atoms in total. The van der Waals surface area contributed by atoms with Crippen LogP contribution in [-0.2, 0) is 0 Å². The number of nitrogens with zero attached hydrogens (tertiary/aromatic N) is 3. The topological polar surface area (TPSA) is 9.72 Å². The van der Waals surface area contributed by atoms with Crippen molar-refractivity contribution in [2.75, 3.05) is 52.4 Å². The van der Waals surface area contributed by atoms with Gasteiger partial charge in [0.25, 0.3) is 0 Å². The van der Waals surface area contributed by atoms with Gasteiger partial charge in [-0.1, -0.05) is 41.0 Å². The molecule has 3 aliphatic rings. The summed E-state index contributed by atoms with van der Waals surface area (Å²) in [6.07, 6.45) is 9.95. The molecule has 3 saturated heterocycles. The Morgan fingerprint density at radius 2 is 1.30 bits per heavy atom. The maximum Gasteiger partial charge on any atom is 0.0120 e. The van der Waals surface area contributed by atoms with E-state index < -0.39 is 0 Å². The number of likely N-dealkylation sites (tertiary alicyclic amines) is 3. The Balaban J connectivity index is 0.00000126. The Morgan fingerprint density at radius 3 is 1.81 bits per heavy atom. The smallest absolute Gasteiger partial charge is 0.0120 e. The highest BCUT2D eigenvalue weighted by Crippen LogP contribution is 2.30. The van der Waals surface area contributed by atoms with Gasteiger partial charge >= 0.3 is 0 Å². The monoisotopic (exact) mass is 379 g/mol. The van der Waals surface area contributed by atoms with Crippen LogP contribution < -0.4 is 0 Å². The molecule has 0 aromatic carbocycles. The molecule has 3 fully saturated rings. The van der Waals surface area contributed by atoms with Crippen molar-refractivity contribution in [2.24, 2.45) is 17.8 Å². The molecular formula is C24H49N3. The fourth-order valence-corrected chi connectivity index (χ4v) is 5.50. The first-order chi connectivity index (χ1) is 13.2. The highest BCUT2D eigenvalue weighted by molar-refractivity contribution is 4.85. The molecule has 0 radical (unpaired) electrons. The summed E-state index contributed by atoms with van der Waals surface area (Å²) in [5.41, 5.74) is 0. The minimum absolute atomic E-state index is 0.885. The first-order valence-corrected chi connectivity index (χ1v) is 12.4. The average Bonchev–Trinajstić information content (AvgIpc) is 2.76. The fourth-order valence-electron chi connectivity index (χ4n) is 5.50. The second-order valence-corrected chi connectivity index (χ2v) is 9.17. The van der Waals surface area contributed by atoms with Gasteiger partial charge in [0.05, 0.1) is 0 Å². The van der Waals surface area contributed by atoms with E-state index in [0.717, 1.165) is 23.8 Å². The van der Waals surface area contributed by atoms with E-state index in [9.17, 15) is 0 Å². The van der Waals surface area contributed by atoms with Crippen molar-refractivity contribution >= 4 is 0 Å². The van der Waals surface area contributed by atoms with Crippen LogP contribution >= 0.6 is 0 Å². The highest BCUT2D eigenvalue weighted by atomic mass is 15.2. The lowest BCUT2D eigenvalue weighted by atomic mass is 9.83. The van der Waals surface area contributed by atoms with E-state index in [2.05, 4.69) is 35.5 Å². The summed E-state index contributed by atoms with van der Waals surface area (Å²) in [4.78, 5) is 8.25. The van der Waals surface area contributed by atoms with Gasteiger partial charge in [0.2, 0.25) is 0 Å². The van der Waals surface area contributed by atoms with E-state index in [1.807, 2.05) is 13.8 Å². The molecule has 3 aliphatic heterocycles. The third kappa shape index (κ3) is 7.01. The van der Waals surface area contributed by atoms with Crippen LogP contribution in [0, 0.1) is 17.8 Å². The summed E-state index contributed by atoms with van der Waals surface area (Å²) in [5.74, 6) is 2.89. The molecule has 0 saturated carbocycles. The van der Waals surface area contributed by atoms with E-state index in [1.54, 1.807) is 0 Å². The number of hydrogen-bond acceptors (Lipinski definition) is 3. The standard InChI is InChI=1S/C22H43N3.C2H6/c1-4-19(3)21-8-16-25(17-9-21)22-10-14-24(15-11-22)18-20-6-12-23(5-2)13-7-20;1-2/h19-22H,4-18H2,1-3H3;1-2H3. The van der Waals surface area contributed by atoms with Gasteiger partial charge in [-0.05, 0) is 102 Å². The van der Waals surface area contributed by atoms with Gasteiger partial charge in [-0.15, -0.1) is 0 Å². The van der Waals surface area contributed by atoms with Gasteiger partial charge in [-0.3, -0.25) is 0 Å². The molecular weight excluding hydrogens is 330 g/mol. The van der Waals surface area contributed by atoms with E-state index in [4.69, 9.17) is 0 Å². The van der Waals surface area contributed by atoms with Gasteiger partial charge in [-0.25, -0.2) is 0 Å². The highest BCUT2D eigenvalue weighted by Gasteiger charge is 2.30. The molecule has 0 aliphatic carbocycles. The fraction of sp³-hybridized carbons (Fsp3) is 1.00. The lowest BCUT2D eigenvalue weighted by Crippen LogP contribution is -2.49. The number of rotatable bonds is 6.